The summed E-state index contributed by atoms with van der Waals surface area (Å²) in [6.45, 7) is -2.79. The van der Waals surface area contributed by atoms with Gasteiger partial charge in [0.05, 0.1) is 45.7 Å². The molecule has 0 aromatic heterocycles. The van der Waals surface area contributed by atoms with Crippen LogP contribution in [0.25, 0.3) is 0 Å². The first-order valence-electron chi connectivity index (χ1n) is 26.5. The number of aliphatic hydroxyl groups excluding tert-OH is 20. The summed E-state index contributed by atoms with van der Waals surface area (Å²) in [7, 11) is 0. The summed E-state index contributed by atoms with van der Waals surface area (Å²) in [4.78, 5) is 25.4. The molecule has 482 valence electrons. The van der Waals surface area contributed by atoms with Gasteiger partial charge in [0.15, 0.2) is 44.0 Å². The van der Waals surface area contributed by atoms with E-state index in [-0.39, 0.29) is 0 Å². The number of amides is 2. The van der Waals surface area contributed by atoms with Crippen molar-refractivity contribution in [2.24, 2.45) is 0 Å². The minimum absolute atomic E-state index is 0.879. The quantitative estimate of drug-likeness (QED) is 0.0538. The molecule has 0 aromatic rings. The Kier molecular flexibility index (Phi) is 24.0. The molecule has 0 radical (unpaired) electrons. The van der Waals surface area contributed by atoms with Crippen LogP contribution < -0.4 is 10.6 Å². The Hall–Kier alpha value is -2.38. The molecule has 0 bridgehead atoms. The summed E-state index contributed by atoms with van der Waals surface area (Å²) < 4.78 is 74.6. The third-order valence-corrected chi connectivity index (χ3v) is 15.3. The van der Waals surface area contributed by atoms with Gasteiger partial charge < -0.3 is 174 Å². The highest BCUT2D eigenvalue weighted by Crippen LogP contribution is 2.38. The number of ether oxygens (including phenoxy) is 13. The molecule has 1 unspecified atom stereocenters. The third kappa shape index (κ3) is 14.5. The molecular formula is C46H78N2O35. The molecule has 0 saturated carbocycles. The van der Waals surface area contributed by atoms with E-state index in [4.69, 9.17) is 61.6 Å². The van der Waals surface area contributed by atoms with Gasteiger partial charge in [0, 0.05) is 13.8 Å². The molecule has 7 heterocycles. The van der Waals surface area contributed by atoms with Crippen LogP contribution in [-0.4, -0.2) is 368 Å². The van der Waals surface area contributed by atoms with E-state index < -0.39 is 266 Å². The lowest BCUT2D eigenvalue weighted by atomic mass is 9.93. The van der Waals surface area contributed by atoms with Gasteiger partial charge in [0.1, 0.15) is 165 Å². The molecule has 0 spiro atoms. The highest BCUT2D eigenvalue weighted by molar-refractivity contribution is 5.73. The van der Waals surface area contributed by atoms with Crippen molar-refractivity contribution in [2.45, 2.75) is 236 Å². The maximum Gasteiger partial charge on any atom is 0.217 e. The number of carbonyl (C=O) groups excluding carboxylic acids is 2. The first-order valence-corrected chi connectivity index (χ1v) is 26.5. The van der Waals surface area contributed by atoms with Gasteiger partial charge in [-0.15, -0.1) is 0 Å². The number of nitrogens with one attached hydrogen (secondary N) is 2. The zero-order chi connectivity index (χ0) is 61.2. The van der Waals surface area contributed by atoms with Crippen LogP contribution in [-0.2, 0) is 71.2 Å². The van der Waals surface area contributed by atoms with Gasteiger partial charge in [-0.25, -0.2) is 0 Å². The molecule has 22 N–H and O–H groups in total. The zero-order valence-electron chi connectivity index (χ0n) is 44.5. The van der Waals surface area contributed by atoms with Crippen LogP contribution in [0.4, 0.5) is 0 Å². The summed E-state index contributed by atoms with van der Waals surface area (Å²) >= 11 is 0. The highest BCUT2D eigenvalue weighted by atomic mass is 16.8. The fourth-order valence-corrected chi connectivity index (χ4v) is 10.7. The first kappa shape index (κ1) is 68.1. The summed E-state index contributed by atoms with van der Waals surface area (Å²) in [6, 6.07) is -3.66. The lowest BCUT2D eigenvalue weighted by molar-refractivity contribution is -0.392. The first-order chi connectivity index (χ1) is 39.2. The van der Waals surface area contributed by atoms with Crippen molar-refractivity contribution >= 4 is 11.8 Å². The Morgan fingerprint density at radius 2 is 0.639 bits per heavy atom. The van der Waals surface area contributed by atoms with E-state index in [1.54, 1.807) is 0 Å². The van der Waals surface area contributed by atoms with Crippen molar-refractivity contribution in [3.05, 3.63) is 0 Å². The number of hydrogen-bond acceptors (Lipinski definition) is 35. The highest BCUT2D eigenvalue weighted by Gasteiger charge is 2.59. The Morgan fingerprint density at radius 1 is 0.313 bits per heavy atom. The SMILES string of the molecule is CC(=O)N[C@H]1[C@H](O[C@H]2[C@@H](O)[C@@H](CO)O[C@@H](O[C@H]3[C@H](O)[C@@H](O)C(O)O[C@@H]3CO)[C@@H]2O)O[C@H](CO)[C@@H](O[C@@H]2O[C@H](CO)[C@H](O)[C@H](O[C@@H]3O[C@H](CO)[C@@H](O[C@@H]4O[C@H](CO)[C@H](O)[C@H](O)[C@H]4O[C@@H]4O[C@@H](C)[C@@H](O)[C@@H](O)[C@@H]4O)[C@H](O)[C@H]3NC(C)=O)[C@H]2O)[C@@H]1O. The van der Waals surface area contributed by atoms with Crippen LogP contribution in [0, 0.1) is 0 Å². The second-order valence-corrected chi connectivity index (χ2v) is 21.0. The van der Waals surface area contributed by atoms with Crippen LogP contribution in [0.1, 0.15) is 20.8 Å². The summed E-state index contributed by atoms with van der Waals surface area (Å²) in [6.07, 6.45) is -62.9. The fraction of sp³-hybridized carbons (Fsp3) is 0.957. The normalized spacial score (nSPS) is 50.8. The maximum absolute atomic E-state index is 12.7. The molecule has 0 aliphatic carbocycles. The van der Waals surface area contributed by atoms with E-state index in [0.29, 0.717) is 0 Å². The third-order valence-electron chi connectivity index (χ3n) is 15.3. The molecule has 7 saturated heterocycles. The van der Waals surface area contributed by atoms with E-state index in [1.807, 2.05) is 0 Å². The smallest absolute Gasteiger partial charge is 0.217 e. The van der Waals surface area contributed by atoms with Crippen molar-refractivity contribution in [1.82, 2.24) is 10.6 Å². The molecule has 37 heteroatoms. The number of rotatable bonds is 20. The second-order valence-electron chi connectivity index (χ2n) is 21.0. The molecule has 7 aliphatic rings. The molecule has 83 heavy (non-hydrogen) atoms. The zero-order valence-corrected chi connectivity index (χ0v) is 44.5. The number of hydrogen-bond donors (Lipinski definition) is 22. The minimum atomic E-state index is -2.27. The predicted molar refractivity (Wildman–Crippen MR) is 254 cm³/mol. The van der Waals surface area contributed by atoms with E-state index >= 15 is 0 Å². The average molecular weight is 1220 g/mol. The lowest BCUT2D eigenvalue weighted by Gasteiger charge is -2.51. The monoisotopic (exact) mass is 1220 g/mol. The topological polar surface area (TPSA) is 583 Å². The van der Waals surface area contributed by atoms with E-state index in [2.05, 4.69) is 10.6 Å². The Morgan fingerprint density at radius 3 is 1.06 bits per heavy atom. The van der Waals surface area contributed by atoms with Gasteiger partial charge in [-0.3, -0.25) is 9.59 Å². The van der Waals surface area contributed by atoms with Crippen LogP contribution in [0.5, 0.6) is 0 Å². The fourth-order valence-electron chi connectivity index (χ4n) is 10.7. The molecular weight excluding hydrogens is 1140 g/mol. The molecule has 7 fully saturated rings. The van der Waals surface area contributed by atoms with Crippen molar-refractivity contribution < 1.29 is 173 Å². The molecule has 7 aliphatic heterocycles. The summed E-state index contributed by atoms with van der Waals surface area (Å²) in [5.41, 5.74) is 0. The predicted octanol–water partition coefficient (Wildman–Crippen LogP) is -15.0. The van der Waals surface area contributed by atoms with Gasteiger partial charge in [-0.1, -0.05) is 0 Å². The Bertz CT molecular complexity index is 2050. The van der Waals surface area contributed by atoms with Gasteiger partial charge in [0.2, 0.25) is 11.8 Å². The maximum atomic E-state index is 12.7. The number of aliphatic hydroxyl groups is 20. The molecule has 7 rings (SSSR count). The van der Waals surface area contributed by atoms with Crippen molar-refractivity contribution in [2.75, 3.05) is 39.6 Å². The van der Waals surface area contributed by atoms with Gasteiger partial charge in [-0.05, 0) is 6.92 Å². The van der Waals surface area contributed by atoms with Crippen molar-refractivity contribution in [3.8, 4) is 0 Å². The Balaban J connectivity index is 1.09. The van der Waals surface area contributed by atoms with Crippen LogP contribution in [0.15, 0.2) is 0 Å². The number of carbonyl (C=O) groups is 2. The van der Waals surface area contributed by atoms with Crippen LogP contribution >= 0.6 is 0 Å². The average Bonchev–Trinajstić information content (AvgIpc) is 3.51. The largest absolute Gasteiger partial charge is 0.394 e. The van der Waals surface area contributed by atoms with Gasteiger partial charge in [0.25, 0.3) is 0 Å². The minimum Gasteiger partial charge on any atom is -0.394 e. The summed E-state index contributed by atoms with van der Waals surface area (Å²) in [5.74, 6) is -1.76. The molecule has 37 nitrogen and oxygen atoms in total. The molecule has 0 aromatic carbocycles. The van der Waals surface area contributed by atoms with Crippen LogP contribution in [0.3, 0.4) is 0 Å². The summed E-state index contributed by atoms with van der Waals surface area (Å²) in [5, 5.41) is 221. The molecule has 2 amide bonds. The van der Waals surface area contributed by atoms with Crippen molar-refractivity contribution in [1.29, 1.82) is 0 Å². The Labute approximate surface area is 470 Å². The lowest BCUT2D eigenvalue weighted by Crippen LogP contribution is -2.71. The van der Waals surface area contributed by atoms with Crippen molar-refractivity contribution in [3.63, 3.8) is 0 Å². The van der Waals surface area contributed by atoms with Gasteiger partial charge in [-0.2, -0.15) is 0 Å². The van der Waals surface area contributed by atoms with E-state index in [0.717, 1.165) is 13.8 Å². The standard InChI is InChI=1S/C46H78N2O35/c1-10-21(57)27(63)31(67)43(71-10)83-39-28(64)22(58)13(4-49)75-46(39)80-35-18(9-54)77-42(20(26(35)62)48-12(3)56)81-37-23(59)14(5-50)73-44(32(37)68)78-34-17(8-53)76-41(19(25(34)61)47-11(2)55)82-38-24(60)15(6-51)74-45(33(38)69)79-36-16(7-52)72-40(70)30(66)29(36)65/h10,13-46,49-54,57-70H,4-9H2,1-3H3,(H,47,55)(H,48,56)/t10-,13+,14+,15+,16+,17+,18+,19+,20+,21+,22-,23-,24-,25+,26+,27+,28-,29+,30+,31-,32+,33+,34+,35+,36+,37-,38-,39+,40?,41-,42-,43-,44-,45-,46-/m0/s1. The second kappa shape index (κ2) is 29.3. The van der Waals surface area contributed by atoms with Crippen LogP contribution in [0.2, 0.25) is 0 Å². The van der Waals surface area contributed by atoms with Gasteiger partial charge >= 0.3 is 0 Å². The van der Waals surface area contributed by atoms with E-state index in [1.165, 1.54) is 6.92 Å². The van der Waals surface area contributed by atoms with E-state index in [9.17, 15) is 112 Å². The molecule has 35 atom stereocenters.